The van der Waals surface area contributed by atoms with Crippen LogP contribution < -0.4 is 0 Å². The minimum absolute atomic E-state index is 0.457. The first-order chi connectivity index (χ1) is 6.65. The molecule has 1 aliphatic heterocycles. The van der Waals surface area contributed by atoms with Crippen LogP contribution in [0, 0.1) is 5.92 Å². The lowest BCUT2D eigenvalue weighted by Gasteiger charge is -2.01. The predicted molar refractivity (Wildman–Crippen MR) is 63.5 cm³/mol. The second-order valence-electron chi connectivity index (χ2n) is 3.71. The molecule has 1 nitrogen and oxygen atoms in total. The summed E-state index contributed by atoms with van der Waals surface area (Å²) in [4.78, 5) is 4.43. The van der Waals surface area contributed by atoms with Gasteiger partial charge in [-0.3, -0.25) is 4.99 Å². The summed E-state index contributed by atoms with van der Waals surface area (Å²) in [5.41, 5.74) is 3.28. The average Bonchev–Trinajstić information content (AvgIpc) is 2.30. The number of aliphatic imine (C=N–C) groups is 1. The van der Waals surface area contributed by atoms with Gasteiger partial charge in [0, 0.05) is 11.9 Å². The van der Waals surface area contributed by atoms with Gasteiger partial charge in [-0.25, -0.2) is 0 Å². The summed E-state index contributed by atoms with van der Waals surface area (Å²) >= 11 is 0. The van der Waals surface area contributed by atoms with Crippen LogP contribution in [0.15, 0.2) is 53.7 Å². The Kier molecular flexibility index (Phi) is 3.63. The first-order valence-electron chi connectivity index (χ1n) is 4.90. The van der Waals surface area contributed by atoms with Crippen molar-refractivity contribution in [3.05, 3.63) is 48.7 Å². The van der Waals surface area contributed by atoms with Crippen LogP contribution in [-0.4, -0.2) is 5.71 Å². The van der Waals surface area contributed by atoms with E-state index in [-0.39, 0.29) is 0 Å². The van der Waals surface area contributed by atoms with Crippen LogP contribution in [0.25, 0.3) is 0 Å². The summed E-state index contributed by atoms with van der Waals surface area (Å²) in [6, 6.07) is 0. The molecular formula is C13H17N. The Hall–Kier alpha value is -1.37. The van der Waals surface area contributed by atoms with Gasteiger partial charge in [0.1, 0.15) is 0 Å². The topological polar surface area (TPSA) is 12.4 Å². The second kappa shape index (κ2) is 4.75. The van der Waals surface area contributed by atoms with Crippen molar-refractivity contribution in [1.82, 2.24) is 0 Å². The van der Waals surface area contributed by atoms with E-state index >= 15 is 0 Å². The van der Waals surface area contributed by atoms with E-state index in [1.165, 1.54) is 0 Å². The number of hydrogen-bond acceptors (Lipinski definition) is 1. The van der Waals surface area contributed by atoms with Crippen molar-refractivity contribution in [2.75, 3.05) is 0 Å². The summed E-state index contributed by atoms with van der Waals surface area (Å²) in [6.07, 6.45) is 8.68. The van der Waals surface area contributed by atoms with Crippen molar-refractivity contribution in [2.24, 2.45) is 10.9 Å². The van der Waals surface area contributed by atoms with Crippen molar-refractivity contribution in [2.45, 2.75) is 20.3 Å². The minimum atomic E-state index is 0.457. The molecule has 0 spiro atoms. The van der Waals surface area contributed by atoms with Crippen molar-refractivity contribution in [1.29, 1.82) is 0 Å². The fourth-order valence-electron chi connectivity index (χ4n) is 1.25. The largest absolute Gasteiger partial charge is 0.261 e. The first-order valence-corrected chi connectivity index (χ1v) is 4.90. The predicted octanol–water partition coefficient (Wildman–Crippen LogP) is 3.67. The molecular weight excluding hydrogens is 170 g/mol. The lowest BCUT2D eigenvalue weighted by atomic mass is 10.0. The third-order valence-electron chi connectivity index (χ3n) is 2.19. The number of rotatable bonds is 3. The zero-order valence-electron chi connectivity index (χ0n) is 8.96. The molecule has 0 aliphatic carbocycles. The monoisotopic (exact) mass is 187 g/mol. The molecule has 74 valence electrons. The summed E-state index contributed by atoms with van der Waals surface area (Å²) in [7, 11) is 0. The van der Waals surface area contributed by atoms with E-state index in [1.54, 1.807) is 0 Å². The molecule has 0 aromatic heterocycles. The van der Waals surface area contributed by atoms with E-state index in [0.29, 0.717) is 5.92 Å². The van der Waals surface area contributed by atoms with Crippen LogP contribution in [0.1, 0.15) is 20.3 Å². The Morgan fingerprint density at radius 2 is 2.14 bits per heavy atom. The van der Waals surface area contributed by atoms with Crippen LogP contribution in [0.2, 0.25) is 0 Å². The van der Waals surface area contributed by atoms with Crippen LogP contribution >= 0.6 is 0 Å². The quantitative estimate of drug-likeness (QED) is 0.598. The molecule has 0 amide bonds. The minimum Gasteiger partial charge on any atom is -0.261 e. The van der Waals surface area contributed by atoms with E-state index in [1.807, 2.05) is 24.4 Å². The number of allylic oxidation sites excluding steroid dienone is 5. The van der Waals surface area contributed by atoms with Gasteiger partial charge in [0.15, 0.2) is 0 Å². The number of nitrogens with zero attached hydrogens (tertiary/aromatic N) is 1. The summed E-state index contributed by atoms with van der Waals surface area (Å²) in [5, 5.41) is 0. The summed E-state index contributed by atoms with van der Waals surface area (Å²) < 4.78 is 0. The third-order valence-corrected chi connectivity index (χ3v) is 2.19. The maximum Gasteiger partial charge on any atom is 0.0429 e. The highest BCUT2D eigenvalue weighted by Gasteiger charge is 2.05. The van der Waals surface area contributed by atoms with Gasteiger partial charge in [0.25, 0.3) is 0 Å². The highest BCUT2D eigenvalue weighted by Crippen LogP contribution is 2.18. The SMILES string of the molecule is C=CCC1=CN=C(C(C)C)C=CC1=C. The maximum absolute atomic E-state index is 4.43. The van der Waals surface area contributed by atoms with Crippen molar-refractivity contribution >= 4 is 5.71 Å². The molecule has 0 N–H and O–H groups in total. The molecule has 1 aliphatic rings. The lowest BCUT2D eigenvalue weighted by Crippen LogP contribution is -2.02. The van der Waals surface area contributed by atoms with E-state index < -0.39 is 0 Å². The molecule has 0 bridgehead atoms. The van der Waals surface area contributed by atoms with Gasteiger partial charge < -0.3 is 0 Å². The van der Waals surface area contributed by atoms with Gasteiger partial charge in [-0.05, 0) is 29.6 Å². The normalized spacial score (nSPS) is 16.4. The van der Waals surface area contributed by atoms with Crippen LogP contribution in [0.4, 0.5) is 0 Å². The summed E-state index contributed by atoms with van der Waals surface area (Å²) in [6.45, 7) is 12.0. The van der Waals surface area contributed by atoms with Gasteiger partial charge in [-0.2, -0.15) is 0 Å². The molecule has 0 atom stereocenters. The Labute approximate surface area is 86.2 Å². The van der Waals surface area contributed by atoms with E-state index in [9.17, 15) is 0 Å². The highest BCUT2D eigenvalue weighted by molar-refractivity contribution is 5.97. The van der Waals surface area contributed by atoms with Crippen molar-refractivity contribution in [3.63, 3.8) is 0 Å². The Bertz CT molecular complexity index is 327. The van der Waals surface area contributed by atoms with Gasteiger partial charge in [-0.1, -0.05) is 32.6 Å². The van der Waals surface area contributed by atoms with Gasteiger partial charge in [0.2, 0.25) is 0 Å². The Balaban J connectivity index is 2.95. The first kappa shape index (κ1) is 10.7. The molecule has 1 heteroatoms. The van der Waals surface area contributed by atoms with E-state index in [4.69, 9.17) is 0 Å². The van der Waals surface area contributed by atoms with Gasteiger partial charge in [-0.15, -0.1) is 6.58 Å². The van der Waals surface area contributed by atoms with Crippen LogP contribution in [-0.2, 0) is 0 Å². The maximum atomic E-state index is 4.43. The molecule has 0 fully saturated rings. The van der Waals surface area contributed by atoms with Crippen LogP contribution in [0.3, 0.4) is 0 Å². The van der Waals surface area contributed by atoms with Crippen LogP contribution in [0.5, 0.6) is 0 Å². The van der Waals surface area contributed by atoms with E-state index in [2.05, 4.69) is 32.0 Å². The molecule has 0 aromatic carbocycles. The molecule has 0 radical (unpaired) electrons. The Morgan fingerprint density at radius 1 is 1.43 bits per heavy atom. The zero-order valence-corrected chi connectivity index (χ0v) is 8.96. The van der Waals surface area contributed by atoms with Crippen molar-refractivity contribution < 1.29 is 0 Å². The molecule has 1 rings (SSSR count). The van der Waals surface area contributed by atoms with E-state index in [0.717, 1.165) is 23.3 Å². The summed E-state index contributed by atoms with van der Waals surface area (Å²) in [5.74, 6) is 0.457. The standard InChI is InChI=1S/C13H17N/c1-5-6-12-9-14-13(10(2)3)8-7-11(12)4/h5,7-10H,1,4,6H2,2-3H3. The molecule has 14 heavy (non-hydrogen) atoms. The highest BCUT2D eigenvalue weighted by atomic mass is 14.7. The Morgan fingerprint density at radius 3 is 2.71 bits per heavy atom. The fourth-order valence-corrected chi connectivity index (χ4v) is 1.25. The third kappa shape index (κ3) is 2.56. The van der Waals surface area contributed by atoms with Gasteiger partial charge >= 0.3 is 0 Å². The van der Waals surface area contributed by atoms with Crippen molar-refractivity contribution in [3.8, 4) is 0 Å². The molecule has 0 saturated carbocycles. The lowest BCUT2D eigenvalue weighted by molar-refractivity contribution is 0.889. The average molecular weight is 187 g/mol. The molecule has 0 unspecified atom stereocenters. The zero-order chi connectivity index (χ0) is 10.6. The number of hydrogen-bond donors (Lipinski definition) is 0. The smallest absolute Gasteiger partial charge is 0.0429 e. The molecule has 0 saturated heterocycles. The second-order valence-corrected chi connectivity index (χ2v) is 3.71. The van der Waals surface area contributed by atoms with Gasteiger partial charge in [0.05, 0.1) is 0 Å². The fraction of sp³-hybridized carbons (Fsp3) is 0.308. The molecule has 0 aromatic rings. The molecule has 1 heterocycles.